The lowest BCUT2D eigenvalue weighted by molar-refractivity contribution is -0.134. The summed E-state index contributed by atoms with van der Waals surface area (Å²) in [5, 5.41) is 4.55. The maximum atomic E-state index is 13.3. The van der Waals surface area contributed by atoms with Crippen LogP contribution in [0.4, 0.5) is 19.0 Å². The number of benzene rings is 1. The third kappa shape index (κ3) is 2.71. The predicted molar refractivity (Wildman–Crippen MR) is 114 cm³/mol. The van der Waals surface area contributed by atoms with Crippen LogP contribution in [-0.4, -0.2) is 14.9 Å². The van der Waals surface area contributed by atoms with E-state index in [4.69, 9.17) is 12.2 Å². The fourth-order valence-corrected chi connectivity index (χ4v) is 5.22. The highest BCUT2D eigenvalue weighted by Crippen LogP contribution is 2.49. The molecule has 2 aliphatic rings. The van der Waals surface area contributed by atoms with Crippen molar-refractivity contribution < 1.29 is 18.0 Å². The van der Waals surface area contributed by atoms with Crippen LogP contribution in [0.15, 0.2) is 46.1 Å². The molecule has 1 aliphatic carbocycles. The summed E-state index contributed by atoms with van der Waals surface area (Å²) in [6.45, 7) is 0. The van der Waals surface area contributed by atoms with Gasteiger partial charge in [-0.3, -0.25) is 14.2 Å². The molecule has 0 bridgehead atoms. The van der Waals surface area contributed by atoms with E-state index in [1.807, 2.05) is 0 Å². The molecule has 0 radical (unpaired) electrons. The van der Waals surface area contributed by atoms with Crippen LogP contribution in [0.5, 0.6) is 0 Å². The van der Waals surface area contributed by atoms with E-state index in [1.54, 1.807) is 35.9 Å². The molecule has 1 atom stereocenters. The van der Waals surface area contributed by atoms with E-state index in [2.05, 4.69) is 5.32 Å². The molecule has 0 spiro atoms. The van der Waals surface area contributed by atoms with Gasteiger partial charge in [0.25, 0.3) is 5.56 Å². The second-order valence-corrected chi connectivity index (χ2v) is 8.71. The van der Waals surface area contributed by atoms with E-state index in [0.717, 1.165) is 6.07 Å². The number of ketones is 1. The number of thiophene rings is 1. The Bertz CT molecular complexity index is 1440. The number of carbonyl (C=O) groups is 1. The number of carbonyl (C=O) groups excluding carboxylic acids is 1. The molecular formula is C21H14F3N3O2S2. The van der Waals surface area contributed by atoms with Gasteiger partial charge in [-0.2, -0.15) is 13.2 Å². The molecule has 0 amide bonds. The van der Waals surface area contributed by atoms with Crippen LogP contribution in [0.2, 0.25) is 0 Å². The average molecular weight is 461 g/mol. The molecule has 2 aromatic heterocycles. The number of aromatic nitrogens is 2. The lowest BCUT2D eigenvalue weighted by atomic mass is 9.82. The standard InChI is InChI=1S/C21H14F3N3O2S2/c1-26-18-15(19(29)27(2)20(26)30)13(9-7-12(31-8-9)21(22,23)24)14-16(25-18)10-5-3-4-6-11(10)17(14)28/h3-8,13,25H,1-2H3. The van der Waals surface area contributed by atoms with Gasteiger partial charge in [0.1, 0.15) is 10.7 Å². The van der Waals surface area contributed by atoms with E-state index < -0.39 is 22.5 Å². The third-order valence-electron chi connectivity index (χ3n) is 5.71. The van der Waals surface area contributed by atoms with Crippen LogP contribution in [-0.2, 0) is 20.3 Å². The molecule has 10 heteroatoms. The van der Waals surface area contributed by atoms with Crippen molar-refractivity contribution in [3.05, 3.63) is 83.5 Å². The van der Waals surface area contributed by atoms with E-state index >= 15 is 0 Å². The van der Waals surface area contributed by atoms with E-state index in [9.17, 15) is 22.8 Å². The molecular weight excluding hydrogens is 447 g/mol. The summed E-state index contributed by atoms with van der Waals surface area (Å²) in [6, 6.07) is 7.97. The summed E-state index contributed by atoms with van der Waals surface area (Å²) in [5.41, 5.74) is 1.86. The number of hydrogen-bond acceptors (Lipinski definition) is 5. The van der Waals surface area contributed by atoms with Crippen molar-refractivity contribution in [1.29, 1.82) is 0 Å². The van der Waals surface area contributed by atoms with Gasteiger partial charge < -0.3 is 9.88 Å². The molecule has 0 saturated carbocycles. The zero-order valence-electron chi connectivity index (χ0n) is 16.2. The first-order valence-corrected chi connectivity index (χ1v) is 10.5. The minimum Gasteiger partial charge on any atom is -0.340 e. The minimum absolute atomic E-state index is 0.199. The normalized spacial score (nSPS) is 17.3. The third-order valence-corrected chi connectivity index (χ3v) is 7.25. The Hall–Kier alpha value is -2.98. The molecule has 1 N–H and O–H groups in total. The van der Waals surface area contributed by atoms with Gasteiger partial charge in [-0.05, 0) is 29.2 Å². The number of nitrogens with zero attached hydrogens (tertiary/aromatic N) is 2. The van der Waals surface area contributed by atoms with E-state index in [1.165, 1.54) is 17.0 Å². The van der Waals surface area contributed by atoms with Crippen molar-refractivity contribution in [2.24, 2.45) is 14.1 Å². The van der Waals surface area contributed by atoms with Crippen molar-refractivity contribution in [2.45, 2.75) is 12.1 Å². The number of allylic oxidation sites excluding steroid dienone is 1. The second-order valence-electron chi connectivity index (χ2n) is 7.43. The number of Topliss-reactive ketones (excluding diaryl/α,β-unsaturated/α-hetero) is 1. The lowest BCUT2D eigenvalue weighted by Gasteiger charge is -2.29. The van der Waals surface area contributed by atoms with Crippen LogP contribution >= 0.6 is 23.6 Å². The Morgan fingerprint density at radius 3 is 2.42 bits per heavy atom. The molecule has 0 saturated heterocycles. The molecule has 0 fully saturated rings. The molecule has 1 aliphatic heterocycles. The molecule has 5 rings (SSSR count). The van der Waals surface area contributed by atoms with Gasteiger partial charge in [0, 0.05) is 36.7 Å². The van der Waals surface area contributed by atoms with Crippen LogP contribution in [0, 0.1) is 4.77 Å². The highest BCUT2D eigenvalue weighted by molar-refractivity contribution is 7.71. The average Bonchev–Trinajstić information content (AvgIpc) is 3.34. The number of anilines is 1. The van der Waals surface area contributed by atoms with Crippen LogP contribution in [0.3, 0.4) is 0 Å². The fraction of sp³-hybridized carbons (Fsp3) is 0.190. The number of halogens is 3. The highest BCUT2D eigenvalue weighted by atomic mass is 32.1. The fourth-order valence-electron chi connectivity index (χ4n) is 4.24. The molecule has 31 heavy (non-hydrogen) atoms. The van der Waals surface area contributed by atoms with E-state index in [0.29, 0.717) is 34.0 Å². The van der Waals surface area contributed by atoms with Gasteiger partial charge in [0.05, 0.1) is 11.3 Å². The van der Waals surface area contributed by atoms with E-state index in [-0.39, 0.29) is 27.3 Å². The van der Waals surface area contributed by atoms with Gasteiger partial charge in [-0.25, -0.2) is 0 Å². The van der Waals surface area contributed by atoms with Gasteiger partial charge in [-0.15, -0.1) is 11.3 Å². The first kappa shape index (κ1) is 20.0. The maximum absolute atomic E-state index is 13.3. The Morgan fingerprint density at radius 1 is 1.10 bits per heavy atom. The van der Waals surface area contributed by atoms with Crippen molar-refractivity contribution in [2.75, 3.05) is 5.32 Å². The largest absolute Gasteiger partial charge is 0.425 e. The van der Waals surface area contributed by atoms with Gasteiger partial charge in [0.2, 0.25) is 0 Å². The Morgan fingerprint density at radius 2 is 1.77 bits per heavy atom. The zero-order valence-corrected chi connectivity index (χ0v) is 17.8. The molecule has 3 aromatic rings. The second kappa shape index (κ2) is 6.51. The summed E-state index contributed by atoms with van der Waals surface area (Å²) >= 11 is 5.90. The van der Waals surface area contributed by atoms with Crippen LogP contribution in [0.1, 0.15) is 37.8 Å². The van der Waals surface area contributed by atoms with Gasteiger partial charge >= 0.3 is 6.18 Å². The summed E-state index contributed by atoms with van der Waals surface area (Å²) in [5.74, 6) is -0.874. The highest BCUT2D eigenvalue weighted by Gasteiger charge is 2.43. The topological polar surface area (TPSA) is 56.0 Å². The smallest absolute Gasteiger partial charge is 0.340 e. The number of nitrogens with one attached hydrogen (secondary N) is 1. The number of hydrogen-bond donors (Lipinski definition) is 1. The van der Waals surface area contributed by atoms with Crippen molar-refractivity contribution in [3.63, 3.8) is 0 Å². The van der Waals surface area contributed by atoms with Gasteiger partial charge in [-0.1, -0.05) is 24.3 Å². The number of alkyl halides is 3. The zero-order chi connectivity index (χ0) is 22.2. The van der Waals surface area contributed by atoms with Crippen LogP contribution < -0.4 is 10.9 Å². The molecule has 1 unspecified atom stereocenters. The minimum atomic E-state index is -4.52. The number of rotatable bonds is 1. The van der Waals surface area contributed by atoms with Crippen LogP contribution in [0.25, 0.3) is 5.70 Å². The molecule has 5 nitrogen and oxygen atoms in total. The molecule has 3 heterocycles. The Balaban J connectivity index is 1.85. The Kier molecular flexibility index (Phi) is 4.19. The SMILES string of the molecule is Cn1c2c(c(=O)n(C)c1=S)C(c1csc(C(F)(F)F)c1)C1=C(N2)c2ccccc2C1=O. The molecule has 158 valence electrons. The maximum Gasteiger partial charge on any atom is 0.425 e. The summed E-state index contributed by atoms with van der Waals surface area (Å²) in [4.78, 5) is 25.8. The first-order chi connectivity index (χ1) is 14.6. The first-order valence-electron chi connectivity index (χ1n) is 9.22. The Labute approximate surface area is 183 Å². The summed E-state index contributed by atoms with van der Waals surface area (Å²) in [6.07, 6.45) is -4.52. The molecule has 1 aromatic carbocycles. The lowest BCUT2D eigenvalue weighted by Crippen LogP contribution is -2.33. The predicted octanol–water partition coefficient (Wildman–Crippen LogP) is 4.70. The number of fused-ring (bicyclic) bond motifs is 3. The quantitative estimate of drug-likeness (QED) is 0.534. The van der Waals surface area contributed by atoms with Crippen molar-refractivity contribution in [1.82, 2.24) is 9.13 Å². The monoisotopic (exact) mass is 461 g/mol. The summed E-state index contributed by atoms with van der Waals surface area (Å²) in [7, 11) is 3.18. The summed E-state index contributed by atoms with van der Waals surface area (Å²) < 4.78 is 43.1. The van der Waals surface area contributed by atoms with Gasteiger partial charge in [0.15, 0.2) is 10.6 Å². The van der Waals surface area contributed by atoms with Crippen molar-refractivity contribution in [3.8, 4) is 0 Å². The van der Waals surface area contributed by atoms with Crippen molar-refractivity contribution >= 4 is 40.9 Å².